The summed E-state index contributed by atoms with van der Waals surface area (Å²) in [7, 11) is -4.17. The lowest BCUT2D eigenvalue weighted by molar-refractivity contribution is 0.323. The molecule has 0 bridgehead atoms. The minimum absolute atomic E-state index is 0.870. The van der Waals surface area contributed by atoms with E-state index >= 15 is 0 Å². The predicted molar refractivity (Wildman–Crippen MR) is 52.7 cm³/mol. The van der Waals surface area contributed by atoms with Gasteiger partial charge in [0.05, 0.1) is 14.2 Å². The van der Waals surface area contributed by atoms with E-state index in [0.29, 0.717) is 0 Å². The lowest BCUT2D eigenvalue weighted by Gasteiger charge is -1.82. The van der Waals surface area contributed by atoms with Crippen LogP contribution < -0.4 is 0 Å². The van der Waals surface area contributed by atoms with Crippen molar-refractivity contribution in [3.63, 3.8) is 0 Å². The molecule has 2 N–H and O–H groups in total. The maximum atomic E-state index is 9.33. The van der Waals surface area contributed by atoms with Gasteiger partial charge in [-0.3, -0.25) is 17.5 Å². The SMILES string of the molecule is COS(=O)(=O)O.COS(=O)(=O)O.CP. The molecule has 1 unspecified atom stereocenters. The van der Waals surface area contributed by atoms with Gasteiger partial charge in [-0.2, -0.15) is 16.8 Å². The van der Waals surface area contributed by atoms with Crippen molar-refractivity contribution in [1.82, 2.24) is 0 Å². The van der Waals surface area contributed by atoms with Gasteiger partial charge in [-0.1, -0.05) is 6.66 Å². The quantitative estimate of drug-likeness (QED) is 0.502. The van der Waals surface area contributed by atoms with Gasteiger partial charge >= 0.3 is 20.8 Å². The summed E-state index contributed by atoms with van der Waals surface area (Å²) in [5, 5.41) is 0. The van der Waals surface area contributed by atoms with Crippen molar-refractivity contribution in [3.05, 3.63) is 0 Å². The molecule has 0 aromatic carbocycles. The summed E-state index contributed by atoms with van der Waals surface area (Å²) in [4.78, 5) is 0. The Labute approximate surface area is 85.7 Å². The standard InChI is InChI=1S/2CH4O4S.CH5P/c2*1-5-6(2,3)4;1-2/h2*1H3,(H,2,3,4);2H2,1H3. The normalized spacial score (nSPS) is 10.4. The summed E-state index contributed by atoms with van der Waals surface area (Å²) in [6.07, 6.45) is 0. The zero-order chi connectivity index (χ0) is 12.4. The Morgan fingerprint density at radius 3 is 0.929 bits per heavy atom. The molecule has 0 aromatic heterocycles. The smallest absolute Gasteiger partial charge is 0.264 e. The average Bonchev–Trinajstić information content (AvgIpc) is 2.07. The Hall–Kier alpha value is 0.170. The minimum atomic E-state index is -4.16. The number of hydrogen-bond acceptors (Lipinski definition) is 6. The average molecular weight is 272 g/mol. The summed E-state index contributed by atoms with van der Waals surface area (Å²) in [5.74, 6) is 0. The fourth-order valence-corrected chi connectivity index (χ4v) is 0. The van der Waals surface area contributed by atoms with Gasteiger partial charge in [0.2, 0.25) is 0 Å². The van der Waals surface area contributed by atoms with E-state index in [1.165, 1.54) is 0 Å². The molecule has 0 saturated heterocycles. The van der Waals surface area contributed by atoms with E-state index in [0.717, 1.165) is 14.2 Å². The number of rotatable bonds is 2. The summed E-state index contributed by atoms with van der Waals surface area (Å²) < 4.78 is 59.4. The van der Waals surface area contributed by atoms with E-state index in [1.807, 2.05) is 6.66 Å². The van der Waals surface area contributed by atoms with Crippen LogP contribution in [0, 0.1) is 0 Å². The van der Waals surface area contributed by atoms with Crippen LogP contribution in [0.4, 0.5) is 0 Å². The summed E-state index contributed by atoms with van der Waals surface area (Å²) in [5.41, 5.74) is 0. The van der Waals surface area contributed by atoms with Crippen LogP contribution in [0.2, 0.25) is 0 Å². The molecule has 0 rings (SSSR count). The Kier molecular flexibility index (Phi) is 13.7. The van der Waals surface area contributed by atoms with E-state index in [-0.39, 0.29) is 0 Å². The van der Waals surface area contributed by atoms with Crippen LogP contribution in [0.5, 0.6) is 0 Å². The molecule has 0 saturated carbocycles. The van der Waals surface area contributed by atoms with E-state index in [4.69, 9.17) is 9.11 Å². The third-order valence-corrected chi connectivity index (χ3v) is 1.26. The first kappa shape index (κ1) is 19.7. The van der Waals surface area contributed by atoms with E-state index < -0.39 is 20.8 Å². The molecule has 8 nitrogen and oxygen atoms in total. The largest absolute Gasteiger partial charge is 0.397 e. The first-order valence-electron chi connectivity index (χ1n) is 2.76. The van der Waals surface area contributed by atoms with Gasteiger partial charge in [-0.15, -0.1) is 9.24 Å². The first-order valence-corrected chi connectivity index (χ1v) is 6.64. The Morgan fingerprint density at radius 2 is 0.929 bits per heavy atom. The molecule has 14 heavy (non-hydrogen) atoms. The molecule has 1 atom stereocenters. The van der Waals surface area contributed by atoms with Crippen LogP contribution in [0.15, 0.2) is 0 Å². The molecule has 0 radical (unpaired) electrons. The maximum absolute atomic E-state index is 9.33. The fraction of sp³-hybridized carbons (Fsp3) is 1.00. The maximum Gasteiger partial charge on any atom is 0.397 e. The van der Waals surface area contributed by atoms with Crippen LogP contribution in [0.25, 0.3) is 0 Å². The first-order chi connectivity index (χ1) is 6.12. The molecule has 90 valence electrons. The van der Waals surface area contributed by atoms with Crippen molar-refractivity contribution in [2.75, 3.05) is 20.9 Å². The second-order valence-electron chi connectivity index (χ2n) is 1.19. The second-order valence-corrected chi connectivity index (χ2v) is 3.57. The molecule has 0 aliphatic carbocycles. The van der Waals surface area contributed by atoms with Crippen LogP contribution in [-0.2, 0) is 29.2 Å². The van der Waals surface area contributed by atoms with Gasteiger partial charge in [0.25, 0.3) is 0 Å². The molecule has 0 aromatic rings. The molecule has 0 aliphatic heterocycles. The van der Waals surface area contributed by atoms with Gasteiger partial charge in [-0.05, 0) is 0 Å². The summed E-state index contributed by atoms with van der Waals surface area (Å²) in [6, 6.07) is 0. The van der Waals surface area contributed by atoms with Crippen LogP contribution >= 0.6 is 9.24 Å². The lowest BCUT2D eigenvalue weighted by Crippen LogP contribution is -1.96. The Bertz CT molecular complexity index is 259. The minimum Gasteiger partial charge on any atom is -0.264 e. The van der Waals surface area contributed by atoms with E-state index in [1.54, 1.807) is 0 Å². The zero-order valence-corrected chi connectivity index (χ0v) is 10.5. The molecule has 0 spiro atoms. The van der Waals surface area contributed by atoms with Gasteiger partial charge < -0.3 is 0 Å². The van der Waals surface area contributed by atoms with Crippen molar-refractivity contribution >= 4 is 30.0 Å². The van der Waals surface area contributed by atoms with E-state index in [9.17, 15) is 16.8 Å². The van der Waals surface area contributed by atoms with Crippen LogP contribution in [0.3, 0.4) is 0 Å². The van der Waals surface area contributed by atoms with Crippen molar-refractivity contribution in [2.45, 2.75) is 0 Å². The van der Waals surface area contributed by atoms with Crippen molar-refractivity contribution in [1.29, 1.82) is 0 Å². The molecule has 0 aliphatic rings. The van der Waals surface area contributed by atoms with Gasteiger partial charge in [0.1, 0.15) is 0 Å². The molecule has 0 amide bonds. The molecule has 0 heterocycles. The van der Waals surface area contributed by atoms with Crippen molar-refractivity contribution < 1.29 is 34.3 Å². The highest BCUT2D eigenvalue weighted by molar-refractivity contribution is 7.81. The molecule has 11 heteroatoms. The van der Waals surface area contributed by atoms with Gasteiger partial charge in [-0.25, -0.2) is 0 Å². The summed E-state index contributed by atoms with van der Waals surface area (Å²) in [6.45, 7) is 1.92. The third kappa shape index (κ3) is 39.9. The highest BCUT2D eigenvalue weighted by Gasteiger charge is 1.94. The predicted octanol–water partition coefficient (Wildman–Crippen LogP) is -0.637. The Morgan fingerprint density at radius 1 is 0.857 bits per heavy atom. The third-order valence-electron chi connectivity index (χ3n) is 0.421. The molecule has 0 fully saturated rings. The number of hydrogen-bond donors (Lipinski definition) is 2. The van der Waals surface area contributed by atoms with E-state index in [2.05, 4.69) is 17.6 Å². The van der Waals surface area contributed by atoms with Crippen LogP contribution in [0.1, 0.15) is 0 Å². The highest BCUT2D eigenvalue weighted by Crippen LogP contribution is 1.75. The van der Waals surface area contributed by atoms with Crippen molar-refractivity contribution in [2.24, 2.45) is 0 Å². The van der Waals surface area contributed by atoms with Crippen molar-refractivity contribution in [3.8, 4) is 0 Å². The monoisotopic (exact) mass is 272 g/mol. The topological polar surface area (TPSA) is 127 Å². The molecular weight excluding hydrogens is 259 g/mol. The van der Waals surface area contributed by atoms with Crippen LogP contribution in [-0.4, -0.2) is 46.8 Å². The Balaban J connectivity index is -0.000000147. The van der Waals surface area contributed by atoms with Gasteiger partial charge in [0, 0.05) is 0 Å². The zero-order valence-electron chi connectivity index (χ0n) is 7.74. The second kappa shape index (κ2) is 9.71. The summed E-state index contributed by atoms with van der Waals surface area (Å²) >= 11 is 0. The molecular formula is C3H13O8PS2. The highest BCUT2D eigenvalue weighted by atomic mass is 32.3. The lowest BCUT2D eigenvalue weighted by atomic mass is 11.8. The fourth-order valence-electron chi connectivity index (χ4n) is 0. The van der Waals surface area contributed by atoms with Gasteiger partial charge in [0.15, 0.2) is 0 Å².